The van der Waals surface area contributed by atoms with Crippen molar-refractivity contribution >= 4 is 38.9 Å². The number of rotatable bonds is 6. The van der Waals surface area contributed by atoms with E-state index in [0.29, 0.717) is 11.4 Å². The lowest BCUT2D eigenvalue weighted by Crippen LogP contribution is -2.30. The van der Waals surface area contributed by atoms with Gasteiger partial charge in [0.05, 0.1) is 24.5 Å². The highest BCUT2D eigenvalue weighted by Gasteiger charge is 2.30. The molecule has 0 aliphatic carbocycles. The monoisotopic (exact) mass is 403 g/mol. The Morgan fingerprint density at radius 2 is 2.00 bits per heavy atom. The maximum absolute atomic E-state index is 12.8. The van der Waals surface area contributed by atoms with Crippen LogP contribution in [0.15, 0.2) is 42.5 Å². The molecule has 1 heterocycles. The van der Waals surface area contributed by atoms with Crippen LogP contribution in [0.5, 0.6) is 5.75 Å². The van der Waals surface area contributed by atoms with Gasteiger partial charge in [-0.1, -0.05) is 18.2 Å². The van der Waals surface area contributed by atoms with Gasteiger partial charge in [0.1, 0.15) is 5.75 Å². The molecule has 3 rings (SSSR count). The molecular formula is C19H21N3O5S. The molecule has 3 N–H and O–H groups in total. The molecule has 0 bridgehead atoms. The van der Waals surface area contributed by atoms with Crippen molar-refractivity contribution in [2.75, 3.05) is 28.2 Å². The molecule has 0 aromatic heterocycles. The summed E-state index contributed by atoms with van der Waals surface area (Å²) < 4.78 is 31.2. The maximum atomic E-state index is 12.8. The molecule has 1 aliphatic rings. The van der Waals surface area contributed by atoms with E-state index < -0.39 is 15.9 Å². The number of nitrogens with one attached hydrogen (secondary N) is 3. The Hall–Kier alpha value is -3.07. The zero-order chi connectivity index (χ0) is 20.3. The Labute approximate surface area is 163 Å². The van der Waals surface area contributed by atoms with E-state index in [4.69, 9.17) is 4.74 Å². The Bertz CT molecular complexity index is 1020. The van der Waals surface area contributed by atoms with E-state index in [1.54, 1.807) is 18.2 Å². The molecule has 1 aliphatic heterocycles. The predicted octanol–water partition coefficient (Wildman–Crippen LogP) is 2.52. The highest BCUT2D eigenvalue weighted by Crippen LogP contribution is 2.34. The fourth-order valence-electron chi connectivity index (χ4n) is 2.97. The molecule has 1 unspecified atom stereocenters. The van der Waals surface area contributed by atoms with Crippen LogP contribution in [-0.4, -0.2) is 33.1 Å². The maximum Gasteiger partial charge on any atom is 0.232 e. The third-order valence-electron chi connectivity index (χ3n) is 4.43. The van der Waals surface area contributed by atoms with Crippen molar-refractivity contribution in [1.82, 2.24) is 0 Å². The van der Waals surface area contributed by atoms with Crippen LogP contribution < -0.4 is 20.1 Å². The van der Waals surface area contributed by atoms with E-state index in [1.165, 1.54) is 26.2 Å². The summed E-state index contributed by atoms with van der Waals surface area (Å²) in [4.78, 5) is 24.7. The van der Waals surface area contributed by atoms with Crippen LogP contribution in [0.3, 0.4) is 0 Å². The van der Waals surface area contributed by atoms with Crippen LogP contribution in [0.1, 0.15) is 24.8 Å². The van der Waals surface area contributed by atoms with Crippen molar-refractivity contribution in [2.24, 2.45) is 0 Å². The second kappa shape index (κ2) is 7.89. The standard InChI is InChI=1S/C19H21N3O5S/c1-3-28(25,26)22-16-9-8-12(10-17(16)27-2)20-19(24)14-11-18(23)21-15-7-5-4-6-13(14)15/h4-10,14,22H,3,11H2,1-2H3,(H,20,24)(H,21,23). The van der Waals surface area contributed by atoms with Crippen LogP contribution in [-0.2, 0) is 19.6 Å². The second-order valence-electron chi connectivity index (χ2n) is 6.30. The zero-order valence-electron chi connectivity index (χ0n) is 15.5. The van der Waals surface area contributed by atoms with Gasteiger partial charge >= 0.3 is 0 Å². The summed E-state index contributed by atoms with van der Waals surface area (Å²) in [5.41, 5.74) is 2.09. The number of sulfonamides is 1. The van der Waals surface area contributed by atoms with Gasteiger partial charge in [-0.25, -0.2) is 8.42 Å². The quantitative estimate of drug-likeness (QED) is 0.686. The smallest absolute Gasteiger partial charge is 0.232 e. The number of carbonyl (C=O) groups is 2. The van der Waals surface area contributed by atoms with Gasteiger partial charge < -0.3 is 15.4 Å². The van der Waals surface area contributed by atoms with E-state index >= 15 is 0 Å². The van der Waals surface area contributed by atoms with Gasteiger partial charge in [0.25, 0.3) is 0 Å². The normalized spacial score (nSPS) is 15.9. The summed E-state index contributed by atoms with van der Waals surface area (Å²) in [6.45, 7) is 1.53. The summed E-state index contributed by atoms with van der Waals surface area (Å²) >= 11 is 0. The van der Waals surface area contributed by atoms with Gasteiger partial charge in [0.2, 0.25) is 21.8 Å². The van der Waals surface area contributed by atoms with Crippen molar-refractivity contribution < 1.29 is 22.7 Å². The Kier molecular flexibility index (Phi) is 5.55. The summed E-state index contributed by atoms with van der Waals surface area (Å²) in [5.74, 6) is -0.963. The summed E-state index contributed by atoms with van der Waals surface area (Å²) in [7, 11) is -2.05. The van der Waals surface area contributed by atoms with Gasteiger partial charge in [-0.2, -0.15) is 0 Å². The number of ether oxygens (including phenoxy) is 1. The molecule has 148 valence electrons. The Morgan fingerprint density at radius 1 is 1.25 bits per heavy atom. The van der Waals surface area contributed by atoms with Gasteiger partial charge in [0, 0.05) is 23.9 Å². The lowest BCUT2D eigenvalue weighted by atomic mass is 9.90. The van der Waals surface area contributed by atoms with Gasteiger partial charge in [-0.05, 0) is 30.7 Å². The molecule has 28 heavy (non-hydrogen) atoms. The van der Waals surface area contributed by atoms with Crippen LogP contribution in [0.25, 0.3) is 0 Å². The lowest BCUT2D eigenvalue weighted by molar-refractivity contribution is -0.123. The molecule has 0 spiro atoms. The fraction of sp³-hybridized carbons (Fsp3) is 0.263. The topological polar surface area (TPSA) is 114 Å². The van der Waals surface area contributed by atoms with E-state index in [1.807, 2.05) is 12.1 Å². The van der Waals surface area contributed by atoms with Gasteiger partial charge in [0.15, 0.2) is 0 Å². The first kappa shape index (κ1) is 19.7. The van der Waals surface area contributed by atoms with E-state index in [9.17, 15) is 18.0 Å². The van der Waals surface area contributed by atoms with Crippen molar-refractivity contribution in [3.63, 3.8) is 0 Å². The highest BCUT2D eigenvalue weighted by molar-refractivity contribution is 7.92. The number of hydrogen-bond acceptors (Lipinski definition) is 5. The molecule has 2 aromatic rings. The average molecular weight is 403 g/mol. The van der Waals surface area contributed by atoms with Crippen LogP contribution in [0.4, 0.5) is 17.1 Å². The van der Waals surface area contributed by atoms with E-state index in [0.717, 1.165) is 5.56 Å². The van der Waals surface area contributed by atoms with Crippen molar-refractivity contribution in [3.05, 3.63) is 48.0 Å². The number of methoxy groups -OCH3 is 1. The minimum absolute atomic E-state index is 0.0500. The van der Waals surface area contributed by atoms with E-state index in [-0.39, 0.29) is 35.4 Å². The molecule has 0 radical (unpaired) electrons. The number of hydrogen-bond donors (Lipinski definition) is 3. The number of fused-ring (bicyclic) bond motifs is 1. The summed E-state index contributed by atoms with van der Waals surface area (Å²) in [6, 6.07) is 11.8. The van der Waals surface area contributed by atoms with Gasteiger partial charge in [-0.3, -0.25) is 14.3 Å². The first-order chi connectivity index (χ1) is 13.3. The number of carbonyl (C=O) groups excluding carboxylic acids is 2. The first-order valence-corrected chi connectivity index (χ1v) is 10.4. The van der Waals surface area contributed by atoms with Crippen molar-refractivity contribution in [1.29, 1.82) is 0 Å². The predicted molar refractivity (Wildman–Crippen MR) is 107 cm³/mol. The minimum Gasteiger partial charge on any atom is -0.494 e. The fourth-order valence-corrected chi connectivity index (χ4v) is 3.62. The molecule has 0 saturated heterocycles. The molecule has 1 atom stereocenters. The molecule has 2 aromatic carbocycles. The minimum atomic E-state index is -3.46. The third kappa shape index (κ3) is 4.25. The second-order valence-corrected chi connectivity index (χ2v) is 8.31. The number of benzene rings is 2. The summed E-state index contributed by atoms with van der Waals surface area (Å²) in [5, 5.41) is 5.53. The highest BCUT2D eigenvalue weighted by atomic mass is 32.2. The third-order valence-corrected chi connectivity index (χ3v) is 5.72. The number of anilines is 3. The first-order valence-electron chi connectivity index (χ1n) is 8.71. The SMILES string of the molecule is CCS(=O)(=O)Nc1ccc(NC(=O)C2CC(=O)Nc3ccccc32)cc1OC. The van der Waals surface area contributed by atoms with Crippen molar-refractivity contribution in [2.45, 2.75) is 19.3 Å². The van der Waals surface area contributed by atoms with Gasteiger partial charge in [-0.15, -0.1) is 0 Å². The Morgan fingerprint density at radius 3 is 2.71 bits per heavy atom. The zero-order valence-corrected chi connectivity index (χ0v) is 16.3. The largest absolute Gasteiger partial charge is 0.494 e. The van der Waals surface area contributed by atoms with Crippen LogP contribution >= 0.6 is 0 Å². The molecule has 2 amide bonds. The average Bonchev–Trinajstić information content (AvgIpc) is 2.68. The summed E-state index contributed by atoms with van der Waals surface area (Å²) in [6.07, 6.45) is 0.0500. The Balaban J connectivity index is 1.82. The van der Waals surface area contributed by atoms with E-state index in [2.05, 4.69) is 15.4 Å². The molecule has 8 nitrogen and oxygen atoms in total. The number of amides is 2. The molecular weight excluding hydrogens is 382 g/mol. The van der Waals surface area contributed by atoms with Crippen LogP contribution in [0, 0.1) is 0 Å². The van der Waals surface area contributed by atoms with Crippen molar-refractivity contribution in [3.8, 4) is 5.75 Å². The molecule has 0 saturated carbocycles. The number of para-hydroxylation sites is 1. The molecule has 9 heteroatoms. The lowest BCUT2D eigenvalue weighted by Gasteiger charge is -2.25. The van der Waals surface area contributed by atoms with Crippen LogP contribution in [0.2, 0.25) is 0 Å². The molecule has 0 fully saturated rings.